The monoisotopic (exact) mass is 364 g/mol. The van der Waals surface area contributed by atoms with E-state index in [1.54, 1.807) is 18.2 Å². The molecule has 0 radical (unpaired) electrons. The van der Waals surface area contributed by atoms with Crippen LogP contribution in [0.3, 0.4) is 0 Å². The number of benzene rings is 2. The van der Waals surface area contributed by atoms with Gasteiger partial charge in [0.05, 0.1) is 0 Å². The van der Waals surface area contributed by atoms with Crippen molar-refractivity contribution in [2.24, 2.45) is 0 Å². The Kier molecular flexibility index (Phi) is 5.06. The van der Waals surface area contributed by atoms with Crippen molar-refractivity contribution in [3.05, 3.63) is 63.7 Å². The zero-order valence-electron chi connectivity index (χ0n) is 14.0. The predicted octanol–water partition coefficient (Wildman–Crippen LogP) is 4.43. The molecule has 2 aromatic carbocycles. The molecule has 2 aromatic rings. The standard InChI is InChI=1S/C19H19ClF2N2O/c1-11-6-14-15(9-24(2)10-16(14)17(20)7-11)12-4-3-5-13(8-12)23-19(25)18(21)22/h3-8,15,18H,9-10H2,1-2H3,(H,23,25). The maximum atomic E-state index is 12.5. The second kappa shape index (κ2) is 7.10. The number of hydrogen-bond donors (Lipinski definition) is 1. The van der Waals surface area contributed by atoms with Gasteiger partial charge in [0.1, 0.15) is 0 Å². The van der Waals surface area contributed by atoms with E-state index in [0.717, 1.165) is 40.4 Å². The SMILES string of the molecule is Cc1cc(Cl)c2c(c1)C(c1cccc(NC(=O)C(F)F)c1)CN(C)C2. The Bertz CT molecular complexity index is 810. The van der Waals surface area contributed by atoms with E-state index in [1.807, 2.05) is 26.1 Å². The summed E-state index contributed by atoms with van der Waals surface area (Å²) in [4.78, 5) is 13.4. The largest absolute Gasteiger partial charge is 0.321 e. The van der Waals surface area contributed by atoms with Crippen molar-refractivity contribution in [2.75, 3.05) is 18.9 Å². The zero-order valence-corrected chi connectivity index (χ0v) is 14.8. The van der Waals surface area contributed by atoms with Gasteiger partial charge in [-0.3, -0.25) is 4.79 Å². The van der Waals surface area contributed by atoms with Crippen LogP contribution in [-0.4, -0.2) is 30.8 Å². The lowest BCUT2D eigenvalue weighted by molar-refractivity contribution is -0.126. The van der Waals surface area contributed by atoms with Crippen molar-refractivity contribution >= 4 is 23.2 Å². The summed E-state index contributed by atoms with van der Waals surface area (Å²) in [6.07, 6.45) is -3.04. The summed E-state index contributed by atoms with van der Waals surface area (Å²) in [7, 11) is 2.02. The van der Waals surface area contributed by atoms with E-state index in [-0.39, 0.29) is 5.92 Å². The lowest BCUT2D eigenvalue weighted by atomic mass is 9.84. The van der Waals surface area contributed by atoms with Crippen molar-refractivity contribution in [1.82, 2.24) is 4.90 Å². The highest BCUT2D eigenvalue weighted by Gasteiger charge is 2.27. The first-order valence-corrected chi connectivity index (χ1v) is 8.39. The van der Waals surface area contributed by atoms with Crippen molar-refractivity contribution in [3.8, 4) is 0 Å². The molecule has 132 valence electrons. The highest BCUT2D eigenvalue weighted by Crippen LogP contribution is 2.37. The lowest BCUT2D eigenvalue weighted by Crippen LogP contribution is -2.31. The zero-order chi connectivity index (χ0) is 18.1. The maximum absolute atomic E-state index is 12.5. The Hall–Kier alpha value is -1.98. The van der Waals surface area contributed by atoms with E-state index in [4.69, 9.17) is 11.6 Å². The number of aryl methyl sites for hydroxylation is 1. The molecule has 1 amide bonds. The fourth-order valence-corrected chi connectivity index (χ4v) is 3.68. The predicted molar refractivity (Wildman–Crippen MR) is 95.4 cm³/mol. The van der Waals surface area contributed by atoms with E-state index in [0.29, 0.717) is 5.69 Å². The van der Waals surface area contributed by atoms with Crippen molar-refractivity contribution in [1.29, 1.82) is 0 Å². The Labute approximate surface area is 150 Å². The topological polar surface area (TPSA) is 32.3 Å². The number of carbonyl (C=O) groups is 1. The smallest absolute Gasteiger partial charge is 0.315 e. The fourth-order valence-electron chi connectivity index (χ4n) is 3.34. The molecule has 1 heterocycles. The molecule has 0 aliphatic carbocycles. The van der Waals surface area contributed by atoms with E-state index in [1.165, 1.54) is 0 Å². The number of halogens is 3. The number of nitrogens with one attached hydrogen (secondary N) is 1. The highest BCUT2D eigenvalue weighted by molar-refractivity contribution is 6.31. The fraction of sp³-hybridized carbons (Fsp3) is 0.316. The third kappa shape index (κ3) is 3.83. The number of fused-ring (bicyclic) bond motifs is 1. The Morgan fingerprint density at radius 2 is 2.08 bits per heavy atom. The first kappa shape index (κ1) is 17.8. The average molecular weight is 365 g/mol. The summed E-state index contributed by atoms with van der Waals surface area (Å²) in [5.74, 6) is -1.23. The molecule has 0 aromatic heterocycles. The molecule has 3 rings (SSSR count). The summed E-state index contributed by atoms with van der Waals surface area (Å²) in [5.41, 5.74) is 4.66. The molecule has 0 fully saturated rings. The molecule has 0 saturated heterocycles. The van der Waals surface area contributed by atoms with Gasteiger partial charge in [-0.2, -0.15) is 8.78 Å². The molecule has 0 bridgehead atoms. The van der Waals surface area contributed by atoms with E-state index in [2.05, 4.69) is 16.3 Å². The molecular weight excluding hydrogens is 346 g/mol. The van der Waals surface area contributed by atoms with Gasteiger partial charge in [0.2, 0.25) is 0 Å². The molecule has 1 unspecified atom stereocenters. The van der Waals surface area contributed by atoms with Crippen LogP contribution in [0.1, 0.15) is 28.2 Å². The number of carbonyl (C=O) groups excluding carboxylic acids is 1. The number of alkyl halides is 2. The van der Waals surface area contributed by atoms with E-state index >= 15 is 0 Å². The van der Waals surface area contributed by atoms with Crippen molar-refractivity contribution in [2.45, 2.75) is 25.8 Å². The lowest BCUT2D eigenvalue weighted by Gasteiger charge is -2.33. The summed E-state index contributed by atoms with van der Waals surface area (Å²) in [6.45, 7) is 3.56. The van der Waals surface area contributed by atoms with Gasteiger partial charge in [-0.1, -0.05) is 29.8 Å². The third-order valence-corrected chi connectivity index (χ3v) is 4.76. The number of amides is 1. The van der Waals surface area contributed by atoms with Gasteiger partial charge in [-0.15, -0.1) is 0 Å². The first-order valence-electron chi connectivity index (χ1n) is 8.01. The normalized spacial score (nSPS) is 17.4. The third-order valence-electron chi connectivity index (χ3n) is 4.43. The quantitative estimate of drug-likeness (QED) is 0.873. The second-order valence-corrected chi connectivity index (χ2v) is 6.89. The minimum atomic E-state index is -3.04. The molecule has 3 nitrogen and oxygen atoms in total. The molecular formula is C19H19ClF2N2O. The molecule has 0 spiro atoms. The van der Waals surface area contributed by atoms with E-state index in [9.17, 15) is 13.6 Å². The minimum absolute atomic E-state index is 0.0644. The Morgan fingerprint density at radius 3 is 2.80 bits per heavy atom. The Morgan fingerprint density at radius 1 is 1.32 bits per heavy atom. The molecule has 1 aliphatic heterocycles. The average Bonchev–Trinajstić information content (AvgIpc) is 2.55. The molecule has 1 atom stereocenters. The van der Waals surface area contributed by atoms with Crippen molar-refractivity contribution < 1.29 is 13.6 Å². The van der Waals surface area contributed by atoms with Crippen molar-refractivity contribution in [3.63, 3.8) is 0 Å². The van der Waals surface area contributed by atoms with Gasteiger partial charge in [-0.05, 0) is 54.4 Å². The van der Waals surface area contributed by atoms with Crippen LogP contribution in [-0.2, 0) is 11.3 Å². The van der Waals surface area contributed by atoms with Crippen LogP contribution in [0, 0.1) is 6.92 Å². The van der Waals surface area contributed by atoms with Crippen LogP contribution in [0.5, 0.6) is 0 Å². The number of anilines is 1. The molecule has 25 heavy (non-hydrogen) atoms. The highest BCUT2D eigenvalue weighted by atomic mass is 35.5. The van der Waals surface area contributed by atoms with Gasteiger partial charge >= 0.3 is 6.43 Å². The van der Waals surface area contributed by atoms with E-state index < -0.39 is 12.3 Å². The van der Waals surface area contributed by atoms with Crippen LogP contribution < -0.4 is 5.32 Å². The van der Waals surface area contributed by atoms with Gasteiger partial charge in [-0.25, -0.2) is 0 Å². The number of hydrogen-bond acceptors (Lipinski definition) is 2. The van der Waals surface area contributed by atoms with Gasteiger partial charge in [0.15, 0.2) is 0 Å². The minimum Gasteiger partial charge on any atom is -0.321 e. The second-order valence-electron chi connectivity index (χ2n) is 6.48. The summed E-state index contributed by atoms with van der Waals surface area (Å²) in [6, 6.07) is 11.2. The Balaban J connectivity index is 1.99. The van der Waals surface area contributed by atoms with Crippen LogP contribution in [0.2, 0.25) is 5.02 Å². The van der Waals surface area contributed by atoms with Crippen LogP contribution in [0.15, 0.2) is 36.4 Å². The maximum Gasteiger partial charge on any atom is 0.315 e. The first-order chi connectivity index (χ1) is 11.8. The molecule has 6 heteroatoms. The van der Waals surface area contributed by atoms with Gasteiger partial charge in [0.25, 0.3) is 5.91 Å². The number of nitrogens with zero attached hydrogens (tertiary/aromatic N) is 1. The molecule has 1 aliphatic rings. The summed E-state index contributed by atoms with van der Waals surface area (Å²) >= 11 is 6.43. The number of rotatable bonds is 3. The van der Waals surface area contributed by atoms with Crippen LogP contribution >= 0.6 is 11.6 Å². The van der Waals surface area contributed by atoms with Crippen LogP contribution in [0.25, 0.3) is 0 Å². The van der Waals surface area contributed by atoms with Gasteiger partial charge < -0.3 is 10.2 Å². The molecule has 0 saturated carbocycles. The van der Waals surface area contributed by atoms with Gasteiger partial charge in [0, 0.05) is 29.7 Å². The molecule has 1 N–H and O–H groups in total. The summed E-state index contributed by atoms with van der Waals surface area (Å²) in [5, 5.41) is 2.99. The number of likely N-dealkylation sites (N-methyl/N-ethyl adjacent to an activating group) is 1. The van der Waals surface area contributed by atoms with Crippen LogP contribution in [0.4, 0.5) is 14.5 Å². The summed E-state index contributed by atoms with van der Waals surface area (Å²) < 4.78 is 24.9.